The van der Waals surface area contributed by atoms with Gasteiger partial charge in [0.25, 0.3) is 0 Å². The number of ether oxygens (including phenoxy) is 3. The molecule has 0 spiro atoms. The Morgan fingerprint density at radius 2 is 1.65 bits per heavy atom. The van der Waals surface area contributed by atoms with Gasteiger partial charge < -0.3 is 19.0 Å². The first-order valence-corrected chi connectivity index (χ1v) is 8.72. The zero-order valence-electron chi connectivity index (χ0n) is 15.2. The van der Waals surface area contributed by atoms with Gasteiger partial charge in [-0.15, -0.1) is 0 Å². The molecule has 5 heteroatoms. The van der Waals surface area contributed by atoms with E-state index in [1.165, 1.54) is 6.92 Å². The average molecular weight is 328 g/mol. The predicted octanol–water partition coefficient (Wildman–Crippen LogP) is 3.35. The zero-order valence-corrected chi connectivity index (χ0v) is 15.2. The Kier molecular flexibility index (Phi) is 8.77. The Balaban J connectivity index is 2.37. The maximum Gasteiger partial charge on any atom is 0.302 e. The molecule has 1 saturated heterocycles. The Hall–Kier alpha value is -0.940. The fourth-order valence-corrected chi connectivity index (χ4v) is 2.92. The van der Waals surface area contributed by atoms with Crippen LogP contribution in [-0.2, 0) is 23.8 Å². The van der Waals surface area contributed by atoms with E-state index in [4.69, 9.17) is 14.2 Å². The number of carbonyl (C=O) groups excluding carboxylic acids is 2. The van der Waals surface area contributed by atoms with Crippen molar-refractivity contribution in [3.05, 3.63) is 0 Å². The van der Waals surface area contributed by atoms with E-state index in [2.05, 4.69) is 20.8 Å². The molecule has 1 aliphatic rings. The standard InChI is InChI=1S/C18H32O5/c1-12(19)9-7-6-8-10-21-18-15(4)13(2)14(3)17(23-18)11-22-16(5)20/h13-15,17-18H,6-11H2,1-5H3/t13-,14+,15?,17?,18+/m0/s1. The van der Waals surface area contributed by atoms with Crippen molar-refractivity contribution < 1.29 is 23.8 Å². The molecule has 1 rings (SSSR count). The van der Waals surface area contributed by atoms with Crippen molar-refractivity contribution in [1.29, 1.82) is 0 Å². The molecule has 1 fully saturated rings. The lowest BCUT2D eigenvalue weighted by Crippen LogP contribution is -2.47. The van der Waals surface area contributed by atoms with Crippen molar-refractivity contribution >= 4 is 11.8 Å². The van der Waals surface area contributed by atoms with E-state index >= 15 is 0 Å². The van der Waals surface area contributed by atoms with Crippen molar-refractivity contribution in [2.45, 2.75) is 72.7 Å². The second kappa shape index (κ2) is 10.0. The van der Waals surface area contributed by atoms with Crippen molar-refractivity contribution in [2.75, 3.05) is 13.2 Å². The maximum absolute atomic E-state index is 11.0. The van der Waals surface area contributed by atoms with Crippen molar-refractivity contribution in [1.82, 2.24) is 0 Å². The number of ketones is 1. The van der Waals surface area contributed by atoms with Crippen LogP contribution >= 0.6 is 0 Å². The SMILES string of the molecule is CC(=O)CCCCCO[C@@H]1OC(COC(C)=O)[C@H](C)[C@H](C)C1C. The van der Waals surface area contributed by atoms with Gasteiger partial charge in [-0.3, -0.25) is 4.79 Å². The van der Waals surface area contributed by atoms with Gasteiger partial charge in [-0.05, 0) is 31.6 Å². The lowest BCUT2D eigenvalue weighted by Gasteiger charge is -2.43. The molecule has 2 unspecified atom stereocenters. The van der Waals surface area contributed by atoms with Gasteiger partial charge in [-0.1, -0.05) is 27.2 Å². The van der Waals surface area contributed by atoms with Crippen LogP contribution < -0.4 is 0 Å². The summed E-state index contributed by atoms with van der Waals surface area (Å²) in [5, 5.41) is 0. The molecule has 0 N–H and O–H groups in total. The Labute approximate surface area is 140 Å². The highest BCUT2D eigenvalue weighted by Crippen LogP contribution is 2.35. The van der Waals surface area contributed by atoms with Crippen LogP contribution in [0.4, 0.5) is 0 Å². The summed E-state index contributed by atoms with van der Waals surface area (Å²) in [6.45, 7) is 10.4. The Morgan fingerprint density at radius 3 is 2.26 bits per heavy atom. The third-order valence-corrected chi connectivity index (χ3v) is 4.89. The number of hydrogen-bond donors (Lipinski definition) is 0. The summed E-state index contributed by atoms with van der Waals surface area (Å²) in [4.78, 5) is 21.9. The summed E-state index contributed by atoms with van der Waals surface area (Å²) in [7, 11) is 0. The minimum Gasteiger partial charge on any atom is -0.463 e. The second-order valence-corrected chi connectivity index (χ2v) is 6.81. The van der Waals surface area contributed by atoms with Crippen LogP contribution in [0.2, 0.25) is 0 Å². The molecular formula is C18H32O5. The Bertz CT molecular complexity index is 382. The molecule has 0 saturated carbocycles. The van der Waals surface area contributed by atoms with Crippen LogP contribution in [0.1, 0.15) is 60.3 Å². The fraction of sp³-hybridized carbons (Fsp3) is 0.889. The highest BCUT2D eigenvalue weighted by Gasteiger charge is 2.39. The number of Topliss-reactive ketones (excluding diaryl/α,β-unsaturated/α-hetero) is 1. The first-order valence-electron chi connectivity index (χ1n) is 8.72. The lowest BCUT2D eigenvalue weighted by molar-refractivity contribution is -0.255. The minimum atomic E-state index is -0.282. The molecule has 0 radical (unpaired) electrons. The third-order valence-electron chi connectivity index (χ3n) is 4.89. The quantitative estimate of drug-likeness (QED) is 0.480. The highest BCUT2D eigenvalue weighted by molar-refractivity contribution is 5.75. The third kappa shape index (κ3) is 7.00. The molecule has 5 nitrogen and oxygen atoms in total. The molecule has 5 atom stereocenters. The number of esters is 1. The van der Waals surface area contributed by atoms with Crippen LogP contribution in [0.25, 0.3) is 0 Å². The van der Waals surface area contributed by atoms with Gasteiger partial charge in [-0.25, -0.2) is 0 Å². The number of unbranched alkanes of at least 4 members (excludes halogenated alkanes) is 2. The summed E-state index contributed by atoms with van der Waals surface area (Å²) in [6.07, 6.45) is 3.11. The van der Waals surface area contributed by atoms with Gasteiger partial charge in [0.1, 0.15) is 12.4 Å². The first kappa shape index (κ1) is 20.1. The van der Waals surface area contributed by atoms with E-state index in [1.54, 1.807) is 6.92 Å². The van der Waals surface area contributed by atoms with Crippen LogP contribution in [0.15, 0.2) is 0 Å². The molecule has 0 aromatic heterocycles. The summed E-state index contributed by atoms with van der Waals surface area (Å²) in [6, 6.07) is 0. The summed E-state index contributed by atoms with van der Waals surface area (Å²) in [5.74, 6) is 1.02. The molecule has 0 bridgehead atoms. The number of rotatable bonds is 9. The van der Waals surface area contributed by atoms with Crippen molar-refractivity contribution in [3.63, 3.8) is 0 Å². The van der Waals surface area contributed by atoms with Gasteiger partial charge in [0, 0.05) is 25.9 Å². The van der Waals surface area contributed by atoms with E-state index in [9.17, 15) is 9.59 Å². The molecule has 1 heterocycles. The van der Waals surface area contributed by atoms with E-state index in [1.807, 2.05) is 0 Å². The van der Waals surface area contributed by atoms with Crippen molar-refractivity contribution in [2.24, 2.45) is 17.8 Å². The molecule has 23 heavy (non-hydrogen) atoms. The van der Waals surface area contributed by atoms with E-state index in [0.717, 1.165) is 19.3 Å². The van der Waals surface area contributed by atoms with E-state index < -0.39 is 0 Å². The molecule has 1 aliphatic heterocycles. The smallest absolute Gasteiger partial charge is 0.302 e. The summed E-state index contributed by atoms with van der Waals surface area (Å²) >= 11 is 0. The van der Waals surface area contributed by atoms with Gasteiger partial charge in [0.15, 0.2) is 6.29 Å². The molecule has 0 aromatic rings. The van der Waals surface area contributed by atoms with Gasteiger partial charge in [0.05, 0.1) is 6.10 Å². The minimum absolute atomic E-state index is 0.118. The molecule has 0 aromatic carbocycles. The second-order valence-electron chi connectivity index (χ2n) is 6.81. The van der Waals surface area contributed by atoms with Crippen LogP contribution in [0.3, 0.4) is 0 Å². The lowest BCUT2D eigenvalue weighted by atomic mass is 9.79. The topological polar surface area (TPSA) is 61.8 Å². The molecular weight excluding hydrogens is 296 g/mol. The first-order chi connectivity index (χ1) is 10.8. The summed E-state index contributed by atoms with van der Waals surface area (Å²) in [5.41, 5.74) is 0. The van der Waals surface area contributed by atoms with Crippen LogP contribution in [0, 0.1) is 17.8 Å². The van der Waals surface area contributed by atoms with E-state index in [-0.39, 0.29) is 30.8 Å². The van der Waals surface area contributed by atoms with E-state index in [0.29, 0.717) is 30.8 Å². The van der Waals surface area contributed by atoms with Gasteiger partial charge in [-0.2, -0.15) is 0 Å². The molecule has 0 amide bonds. The molecule has 0 aliphatic carbocycles. The maximum atomic E-state index is 11.0. The van der Waals surface area contributed by atoms with Crippen molar-refractivity contribution in [3.8, 4) is 0 Å². The fourth-order valence-electron chi connectivity index (χ4n) is 2.92. The van der Waals surface area contributed by atoms with Crippen LogP contribution in [-0.4, -0.2) is 37.4 Å². The Morgan fingerprint density at radius 1 is 0.957 bits per heavy atom. The predicted molar refractivity (Wildman–Crippen MR) is 87.9 cm³/mol. The zero-order chi connectivity index (χ0) is 17.4. The van der Waals surface area contributed by atoms with Crippen LogP contribution in [0.5, 0.6) is 0 Å². The normalized spacial score (nSPS) is 30.9. The van der Waals surface area contributed by atoms with Gasteiger partial charge >= 0.3 is 5.97 Å². The number of hydrogen-bond acceptors (Lipinski definition) is 5. The number of carbonyl (C=O) groups is 2. The summed E-state index contributed by atoms with van der Waals surface area (Å²) < 4.78 is 17.0. The average Bonchev–Trinajstić information content (AvgIpc) is 2.48. The molecule has 134 valence electrons. The largest absolute Gasteiger partial charge is 0.463 e. The monoisotopic (exact) mass is 328 g/mol. The highest BCUT2D eigenvalue weighted by atomic mass is 16.7. The van der Waals surface area contributed by atoms with Gasteiger partial charge in [0.2, 0.25) is 0 Å².